The predicted octanol–water partition coefficient (Wildman–Crippen LogP) is 2.85. The molecule has 8 nitrogen and oxygen atoms in total. The molecule has 0 aliphatic carbocycles. The van der Waals surface area contributed by atoms with Gasteiger partial charge in [0.25, 0.3) is 5.91 Å². The number of benzene rings is 1. The van der Waals surface area contributed by atoms with Crippen molar-refractivity contribution >= 4 is 17.3 Å². The van der Waals surface area contributed by atoms with E-state index in [-0.39, 0.29) is 36.2 Å². The van der Waals surface area contributed by atoms with Crippen LogP contribution in [0.25, 0.3) is 5.52 Å². The highest BCUT2D eigenvalue weighted by Gasteiger charge is 2.38. The van der Waals surface area contributed by atoms with Crippen LogP contribution in [0.15, 0.2) is 43.1 Å². The molecule has 5 rings (SSSR count). The Balaban J connectivity index is 1.43. The maximum absolute atomic E-state index is 14.1. The molecule has 0 bridgehead atoms. The maximum atomic E-state index is 14.1. The van der Waals surface area contributed by atoms with Crippen molar-refractivity contribution in [2.24, 2.45) is 5.92 Å². The van der Waals surface area contributed by atoms with Crippen LogP contribution in [0, 0.1) is 17.6 Å². The molecule has 36 heavy (non-hydrogen) atoms. The summed E-state index contributed by atoms with van der Waals surface area (Å²) >= 11 is 0. The van der Waals surface area contributed by atoms with E-state index < -0.39 is 17.7 Å². The van der Waals surface area contributed by atoms with Gasteiger partial charge in [0.1, 0.15) is 17.3 Å². The van der Waals surface area contributed by atoms with Gasteiger partial charge in [0.15, 0.2) is 0 Å². The number of nitrogens with one attached hydrogen (secondary N) is 1. The second-order valence-electron chi connectivity index (χ2n) is 10.0. The Morgan fingerprint density at radius 3 is 2.42 bits per heavy atom. The minimum absolute atomic E-state index is 0.0987. The molecule has 2 aliphatic rings. The van der Waals surface area contributed by atoms with Crippen LogP contribution in [0.1, 0.15) is 48.7 Å². The van der Waals surface area contributed by atoms with Gasteiger partial charge in [-0.1, -0.05) is 13.8 Å². The first kappa shape index (κ1) is 24.3. The molecule has 1 aromatic carbocycles. The smallest absolute Gasteiger partial charge is 0.272 e. The third kappa shape index (κ3) is 4.69. The van der Waals surface area contributed by atoms with Crippen molar-refractivity contribution in [3.63, 3.8) is 0 Å². The molecule has 3 atom stereocenters. The number of hydrogen-bond donors (Lipinski definition) is 1. The van der Waals surface area contributed by atoms with E-state index in [1.807, 2.05) is 13.8 Å². The molecule has 2 fully saturated rings. The zero-order valence-corrected chi connectivity index (χ0v) is 20.4. The molecule has 3 aromatic rings. The Labute approximate surface area is 208 Å². The molecular formula is C26H30F2N6O2. The minimum Gasteiger partial charge on any atom is -0.350 e. The number of rotatable bonds is 6. The van der Waals surface area contributed by atoms with Crippen LogP contribution in [0.4, 0.5) is 8.78 Å². The first-order valence-electron chi connectivity index (χ1n) is 12.4. The lowest BCUT2D eigenvalue weighted by molar-refractivity contribution is -0.131. The summed E-state index contributed by atoms with van der Waals surface area (Å²) in [6.07, 6.45) is 7.81. The summed E-state index contributed by atoms with van der Waals surface area (Å²) in [6.45, 7) is 6.34. The lowest BCUT2D eigenvalue weighted by atomic mass is 9.84. The number of hydrogen-bond acceptors (Lipinski definition) is 5. The van der Waals surface area contributed by atoms with Gasteiger partial charge < -0.3 is 10.2 Å². The van der Waals surface area contributed by atoms with E-state index in [2.05, 4.69) is 20.2 Å². The summed E-state index contributed by atoms with van der Waals surface area (Å²) in [4.78, 5) is 39.0. The van der Waals surface area contributed by atoms with Crippen LogP contribution in [-0.2, 0) is 4.79 Å². The molecular weight excluding hydrogens is 466 g/mol. The van der Waals surface area contributed by atoms with Crippen LogP contribution in [0.3, 0.4) is 0 Å². The van der Waals surface area contributed by atoms with Gasteiger partial charge in [0, 0.05) is 38.2 Å². The molecule has 4 heterocycles. The van der Waals surface area contributed by atoms with Crippen molar-refractivity contribution in [2.45, 2.75) is 44.7 Å². The number of imidazole rings is 1. The number of nitrogens with zero attached hydrogens (tertiary/aromatic N) is 5. The maximum Gasteiger partial charge on any atom is 0.272 e. The van der Waals surface area contributed by atoms with E-state index in [9.17, 15) is 18.4 Å². The zero-order chi connectivity index (χ0) is 25.4. The molecule has 0 radical (unpaired) electrons. The first-order chi connectivity index (χ1) is 17.3. The molecule has 2 saturated heterocycles. The van der Waals surface area contributed by atoms with Gasteiger partial charge in [-0.2, -0.15) is 0 Å². The highest BCUT2D eigenvalue weighted by molar-refractivity contribution is 5.93. The average molecular weight is 497 g/mol. The molecule has 0 saturated carbocycles. The molecule has 0 unspecified atom stereocenters. The Kier molecular flexibility index (Phi) is 6.70. The van der Waals surface area contributed by atoms with Gasteiger partial charge in [0.05, 0.1) is 42.5 Å². The lowest BCUT2D eigenvalue weighted by Crippen LogP contribution is -2.60. The zero-order valence-electron chi connectivity index (χ0n) is 20.4. The third-order valence-corrected chi connectivity index (χ3v) is 7.27. The summed E-state index contributed by atoms with van der Waals surface area (Å²) in [5, 5.41) is 3.15. The Hall–Kier alpha value is -3.40. The highest BCUT2D eigenvalue weighted by atomic mass is 19.1. The molecule has 2 aromatic heterocycles. The molecule has 10 heteroatoms. The number of likely N-dealkylation sites (tertiary alicyclic amines) is 2. The topological polar surface area (TPSA) is 82.8 Å². The van der Waals surface area contributed by atoms with Crippen LogP contribution in [0.5, 0.6) is 0 Å². The van der Waals surface area contributed by atoms with Crippen molar-refractivity contribution in [3.05, 3.63) is 66.0 Å². The van der Waals surface area contributed by atoms with E-state index in [1.54, 1.807) is 28.0 Å². The summed E-state index contributed by atoms with van der Waals surface area (Å²) in [7, 11) is 0. The number of aromatic nitrogens is 3. The quantitative estimate of drug-likeness (QED) is 0.568. The van der Waals surface area contributed by atoms with Gasteiger partial charge >= 0.3 is 0 Å². The standard InChI is InChI=1S/C26H30F2N6O2/c1-16(2)24(32-5-3-6-32)25(35)31-22-14-33(7-4-21(22)17-8-18(27)10-19(28)9-17)26(36)23-13-29-11-20-12-30-15-34(20)23/h8-13,15-16,21-22,24H,3-7,14H2,1-2H3,(H,31,35)/t21-,22+,24+/m0/s1. The normalized spacial score (nSPS) is 21.4. The molecule has 190 valence electrons. The summed E-state index contributed by atoms with van der Waals surface area (Å²) in [5.74, 6) is -1.92. The van der Waals surface area contributed by atoms with Crippen LogP contribution < -0.4 is 5.32 Å². The molecule has 0 spiro atoms. The van der Waals surface area contributed by atoms with Gasteiger partial charge in [-0.3, -0.25) is 23.9 Å². The molecule has 2 aliphatic heterocycles. The summed E-state index contributed by atoms with van der Waals surface area (Å²) in [5.41, 5.74) is 1.55. The van der Waals surface area contributed by atoms with E-state index >= 15 is 0 Å². The largest absolute Gasteiger partial charge is 0.350 e. The predicted molar refractivity (Wildman–Crippen MR) is 129 cm³/mol. The van der Waals surface area contributed by atoms with E-state index in [0.29, 0.717) is 29.7 Å². The Morgan fingerprint density at radius 1 is 1.03 bits per heavy atom. The Bertz CT molecular complexity index is 1250. The van der Waals surface area contributed by atoms with Crippen molar-refractivity contribution in [1.29, 1.82) is 0 Å². The van der Waals surface area contributed by atoms with Gasteiger partial charge in [-0.25, -0.2) is 13.8 Å². The number of piperidine rings is 1. The number of carbonyl (C=O) groups is 2. The lowest BCUT2D eigenvalue weighted by Gasteiger charge is -2.43. The van der Waals surface area contributed by atoms with Crippen molar-refractivity contribution in [3.8, 4) is 0 Å². The van der Waals surface area contributed by atoms with E-state index in [0.717, 1.165) is 25.6 Å². The second kappa shape index (κ2) is 9.93. The first-order valence-corrected chi connectivity index (χ1v) is 12.4. The fourth-order valence-corrected chi connectivity index (χ4v) is 5.42. The fraction of sp³-hybridized carbons (Fsp3) is 0.462. The van der Waals surface area contributed by atoms with Crippen LogP contribution in [0.2, 0.25) is 0 Å². The molecule has 1 N–H and O–H groups in total. The van der Waals surface area contributed by atoms with Gasteiger partial charge in [-0.05, 0) is 36.5 Å². The minimum atomic E-state index is -0.660. The van der Waals surface area contributed by atoms with Crippen molar-refractivity contribution in [1.82, 2.24) is 29.5 Å². The molecule has 2 amide bonds. The van der Waals surface area contributed by atoms with Gasteiger partial charge in [-0.15, -0.1) is 0 Å². The SMILES string of the molecule is CC(C)[C@H](C(=O)N[C@@H]1CN(C(=O)c2cncc3cncn23)CC[C@H]1c1cc(F)cc(F)c1)N1CCC1. The number of halogens is 2. The number of fused-ring (bicyclic) bond motifs is 1. The third-order valence-electron chi connectivity index (χ3n) is 7.27. The van der Waals surface area contributed by atoms with Crippen molar-refractivity contribution in [2.75, 3.05) is 26.2 Å². The van der Waals surface area contributed by atoms with Gasteiger partial charge in [0.2, 0.25) is 5.91 Å². The fourth-order valence-electron chi connectivity index (χ4n) is 5.42. The number of carbonyl (C=O) groups excluding carboxylic acids is 2. The van der Waals surface area contributed by atoms with E-state index in [4.69, 9.17) is 0 Å². The second-order valence-corrected chi connectivity index (χ2v) is 10.0. The summed E-state index contributed by atoms with van der Waals surface area (Å²) < 4.78 is 29.9. The highest BCUT2D eigenvalue weighted by Crippen LogP contribution is 2.31. The average Bonchev–Trinajstić information content (AvgIpc) is 3.29. The summed E-state index contributed by atoms with van der Waals surface area (Å²) in [6, 6.07) is 2.67. The van der Waals surface area contributed by atoms with Crippen LogP contribution >= 0.6 is 0 Å². The van der Waals surface area contributed by atoms with E-state index in [1.165, 1.54) is 18.3 Å². The number of amides is 2. The monoisotopic (exact) mass is 496 g/mol. The van der Waals surface area contributed by atoms with Crippen molar-refractivity contribution < 1.29 is 18.4 Å². The van der Waals surface area contributed by atoms with Crippen LogP contribution in [-0.4, -0.2) is 74.2 Å². The Morgan fingerprint density at radius 2 is 1.75 bits per heavy atom.